The van der Waals surface area contributed by atoms with Crippen molar-refractivity contribution in [1.29, 1.82) is 0 Å². The van der Waals surface area contributed by atoms with Gasteiger partial charge in [-0.15, -0.1) is 0 Å². The molecule has 2 aromatic rings. The predicted octanol–water partition coefficient (Wildman–Crippen LogP) is 4.52. The molecule has 2 rings (SSSR count). The molecule has 0 saturated heterocycles. The van der Waals surface area contributed by atoms with E-state index in [1.165, 1.54) is 12.1 Å². The van der Waals surface area contributed by atoms with Crippen LogP contribution < -0.4 is 10.1 Å². The molecule has 0 fully saturated rings. The van der Waals surface area contributed by atoms with Crippen LogP contribution in [0.25, 0.3) is 0 Å². The first-order valence-corrected chi connectivity index (χ1v) is 10.5. The number of carbonyl (C=O) groups excluding carboxylic acids is 1. The normalized spacial score (nSPS) is 11.0. The van der Waals surface area contributed by atoms with E-state index in [0.29, 0.717) is 32.2 Å². The van der Waals surface area contributed by atoms with Gasteiger partial charge in [-0.2, -0.15) is 0 Å². The number of hydrogen-bond acceptors (Lipinski definition) is 3. The third-order valence-electron chi connectivity index (χ3n) is 4.56. The number of halogens is 1. The number of urea groups is 1. The van der Waals surface area contributed by atoms with Gasteiger partial charge in [-0.1, -0.05) is 38.1 Å². The van der Waals surface area contributed by atoms with Gasteiger partial charge >= 0.3 is 6.03 Å². The summed E-state index contributed by atoms with van der Waals surface area (Å²) in [4.78, 5) is 16.7. The fourth-order valence-electron chi connectivity index (χ4n) is 2.90. The highest BCUT2D eigenvalue weighted by atomic mass is 19.1. The standard InChI is InChI=1S/C24H34FN3O2/c1-19(2)18-30-23-12-8-20(9-13-23)16-26-24(29)28(15-5-14-27(3)4)17-21-6-10-22(25)11-7-21/h6-13,19H,5,14-18H2,1-4H3,(H,26,29). The summed E-state index contributed by atoms with van der Waals surface area (Å²) in [5.41, 5.74) is 1.92. The Kier molecular flexibility index (Phi) is 9.61. The maximum absolute atomic E-state index is 13.2. The maximum Gasteiger partial charge on any atom is 0.317 e. The number of benzene rings is 2. The second-order valence-corrected chi connectivity index (χ2v) is 8.21. The van der Waals surface area contributed by atoms with Crippen molar-refractivity contribution in [3.05, 3.63) is 65.5 Å². The molecule has 2 amide bonds. The minimum Gasteiger partial charge on any atom is -0.493 e. The van der Waals surface area contributed by atoms with Crippen LogP contribution in [0.3, 0.4) is 0 Å². The molecule has 0 aliphatic carbocycles. The third-order valence-corrected chi connectivity index (χ3v) is 4.56. The maximum atomic E-state index is 13.2. The summed E-state index contributed by atoms with van der Waals surface area (Å²) in [5, 5.41) is 3.00. The summed E-state index contributed by atoms with van der Waals surface area (Å²) < 4.78 is 18.9. The fourth-order valence-corrected chi connectivity index (χ4v) is 2.90. The van der Waals surface area contributed by atoms with Crippen molar-refractivity contribution in [3.63, 3.8) is 0 Å². The lowest BCUT2D eigenvalue weighted by Gasteiger charge is -2.24. The summed E-state index contributed by atoms with van der Waals surface area (Å²) in [7, 11) is 4.03. The smallest absolute Gasteiger partial charge is 0.317 e. The first kappa shape index (κ1) is 23.7. The summed E-state index contributed by atoms with van der Waals surface area (Å²) in [6.07, 6.45) is 0.865. The Morgan fingerprint density at radius 1 is 1.00 bits per heavy atom. The Bertz CT molecular complexity index is 761. The summed E-state index contributed by atoms with van der Waals surface area (Å²) >= 11 is 0. The van der Waals surface area contributed by atoms with Crippen LogP contribution in [0, 0.1) is 11.7 Å². The number of nitrogens with one attached hydrogen (secondary N) is 1. The minimum atomic E-state index is -0.275. The zero-order chi connectivity index (χ0) is 21.9. The van der Waals surface area contributed by atoms with Crippen molar-refractivity contribution < 1.29 is 13.9 Å². The van der Waals surface area contributed by atoms with E-state index in [1.54, 1.807) is 17.0 Å². The Hall–Kier alpha value is -2.60. The number of carbonyl (C=O) groups is 1. The molecule has 0 aliphatic heterocycles. The molecule has 30 heavy (non-hydrogen) atoms. The molecule has 0 atom stereocenters. The Labute approximate surface area is 179 Å². The summed E-state index contributed by atoms with van der Waals surface area (Å²) in [5.74, 6) is 1.03. The topological polar surface area (TPSA) is 44.8 Å². The van der Waals surface area contributed by atoms with Crippen LogP contribution in [-0.2, 0) is 13.1 Å². The molecule has 0 aliphatic rings. The number of ether oxygens (including phenoxy) is 1. The van der Waals surface area contributed by atoms with Crippen LogP contribution in [0.15, 0.2) is 48.5 Å². The SMILES string of the molecule is CC(C)COc1ccc(CNC(=O)N(CCCN(C)C)Cc2ccc(F)cc2)cc1. The van der Waals surface area contributed by atoms with Crippen molar-refractivity contribution in [1.82, 2.24) is 15.1 Å². The molecule has 0 aromatic heterocycles. The van der Waals surface area contributed by atoms with Crippen LogP contribution in [0.2, 0.25) is 0 Å². The second kappa shape index (κ2) is 12.2. The van der Waals surface area contributed by atoms with Crippen LogP contribution in [-0.4, -0.2) is 49.6 Å². The van der Waals surface area contributed by atoms with Crippen molar-refractivity contribution in [2.45, 2.75) is 33.4 Å². The highest BCUT2D eigenvalue weighted by Crippen LogP contribution is 2.14. The molecule has 0 bridgehead atoms. The van der Waals surface area contributed by atoms with Gasteiger partial charge in [0.2, 0.25) is 0 Å². The molecule has 164 valence electrons. The van der Waals surface area contributed by atoms with Crippen LogP contribution in [0.1, 0.15) is 31.4 Å². The third kappa shape index (κ3) is 8.82. The largest absolute Gasteiger partial charge is 0.493 e. The minimum absolute atomic E-state index is 0.127. The Morgan fingerprint density at radius 2 is 1.63 bits per heavy atom. The van der Waals surface area contributed by atoms with Gasteiger partial charge in [0.15, 0.2) is 0 Å². The second-order valence-electron chi connectivity index (χ2n) is 8.21. The van der Waals surface area contributed by atoms with Crippen molar-refractivity contribution in [2.24, 2.45) is 5.92 Å². The van der Waals surface area contributed by atoms with E-state index < -0.39 is 0 Å². The van der Waals surface area contributed by atoms with E-state index in [-0.39, 0.29) is 11.8 Å². The molecule has 2 aromatic carbocycles. The van der Waals surface area contributed by atoms with Gasteiger partial charge in [0.05, 0.1) is 6.61 Å². The number of hydrogen-bond donors (Lipinski definition) is 1. The van der Waals surface area contributed by atoms with E-state index in [4.69, 9.17) is 4.74 Å². The van der Waals surface area contributed by atoms with Gasteiger partial charge in [0.1, 0.15) is 11.6 Å². The predicted molar refractivity (Wildman–Crippen MR) is 119 cm³/mol. The van der Waals surface area contributed by atoms with E-state index in [1.807, 2.05) is 38.4 Å². The van der Waals surface area contributed by atoms with Gasteiger partial charge < -0.3 is 19.9 Å². The molecular formula is C24H34FN3O2. The van der Waals surface area contributed by atoms with E-state index in [9.17, 15) is 9.18 Å². The van der Waals surface area contributed by atoms with Crippen molar-refractivity contribution in [3.8, 4) is 5.75 Å². The first-order valence-electron chi connectivity index (χ1n) is 10.5. The van der Waals surface area contributed by atoms with Gasteiger partial charge in [-0.3, -0.25) is 0 Å². The molecule has 0 saturated carbocycles. The molecule has 0 spiro atoms. The first-order chi connectivity index (χ1) is 14.3. The lowest BCUT2D eigenvalue weighted by molar-refractivity contribution is 0.191. The summed E-state index contributed by atoms with van der Waals surface area (Å²) in [6, 6.07) is 13.9. The van der Waals surface area contributed by atoms with E-state index >= 15 is 0 Å². The molecule has 6 heteroatoms. The molecule has 5 nitrogen and oxygen atoms in total. The monoisotopic (exact) mass is 415 g/mol. The van der Waals surface area contributed by atoms with Crippen molar-refractivity contribution in [2.75, 3.05) is 33.8 Å². The quantitative estimate of drug-likeness (QED) is 0.587. The molecule has 0 radical (unpaired) electrons. The van der Waals surface area contributed by atoms with Gasteiger partial charge in [0.25, 0.3) is 0 Å². The van der Waals surface area contributed by atoms with Gasteiger partial charge in [-0.05, 0) is 68.4 Å². The zero-order valence-corrected chi connectivity index (χ0v) is 18.5. The lowest BCUT2D eigenvalue weighted by atomic mass is 10.2. The highest BCUT2D eigenvalue weighted by molar-refractivity contribution is 5.74. The van der Waals surface area contributed by atoms with Gasteiger partial charge in [-0.25, -0.2) is 9.18 Å². The summed E-state index contributed by atoms with van der Waals surface area (Å²) in [6.45, 7) is 7.31. The molecule has 0 heterocycles. The van der Waals surface area contributed by atoms with Crippen LogP contribution in [0.4, 0.5) is 9.18 Å². The van der Waals surface area contributed by atoms with Gasteiger partial charge in [0, 0.05) is 19.6 Å². The number of rotatable bonds is 11. The van der Waals surface area contributed by atoms with Crippen LogP contribution >= 0.6 is 0 Å². The average molecular weight is 416 g/mol. The van der Waals surface area contributed by atoms with Crippen LogP contribution in [0.5, 0.6) is 5.75 Å². The fraction of sp³-hybridized carbons (Fsp3) is 0.458. The highest BCUT2D eigenvalue weighted by Gasteiger charge is 2.14. The zero-order valence-electron chi connectivity index (χ0n) is 18.5. The average Bonchev–Trinajstić information content (AvgIpc) is 2.71. The lowest BCUT2D eigenvalue weighted by Crippen LogP contribution is -2.40. The van der Waals surface area contributed by atoms with E-state index in [2.05, 4.69) is 24.1 Å². The number of nitrogens with zero attached hydrogens (tertiary/aromatic N) is 2. The Morgan fingerprint density at radius 3 is 2.23 bits per heavy atom. The Balaban J connectivity index is 1.92. The van der Waals surface area contributed by atoms with Crippen molar-refractivity contribution >= 4 is 6.03 Å². The molecular weight excluding hydrogens is 381 g/mol. The van der Waals surface area contributed by atoms with E-state index in [0.717, 1.165) is 29.8 Å². The molecule has 1 N–H and O–H groups in total. The molecule has 0 unspecified atom stereocenters. The number of amides is 2.